The first-order chi connectivity index (χ1) is 7.28. The molecule has 0 saturated heterocycles. The highest BCUT2D eigenvalue weighted by atomic mass is 16.4. The second kappa shape index (κ2) is 3.03. The van der Waals surface area contributed by atoms with Crippen LogP contribution in [0.4, 0.5) is 0 Å². The number of pyridine rings is 1. The van der Waals surface area contributed by atoms with Gasteiger partial charge in [-0.15, -0.1) is 0 Å². The molecule has 2 N–H and O–H groups in total. The lowest BCUT2D eigenvalue weighted by atomic mass is 10.00. The van der Waals surface area contributed by atoms with Gasteiger partial charge in [-0.05, 0) is 12.8 Å². The van der Waals surface area contributed by atoms with Crippen LogP contribution < -0.4 is 5.73 Å². The van der Waals surface area contributed by atoms with Crippen molar-refractivity contribution >= 4 is 11.1 Å². The van der Waals surface area contributed by atoms with E-state index in [1.807, 2.05) is 6.07 Å². The maximum Gasteiger partial charge on any atom is 0.215 e. The Morgan fingerprint density at radius 1 is 1.33 bits per heavy atom. The molecular weight excluding hydrogens is 190 g/mol. The minimum atomic E-state index is -0.348. The summed E-state index contributed by atoms with van der Waals surface area (Å²) in [6.07, 6.45) is 7.66. The summed E-state index contributed by atoms with van der Waals surface area (Å²) in [5.41, 5.74) is 7.49. The molecule has 3 rings (SSSR count). The van der Waals surface area contributed by atoms with Crippen LogP contribution in [0.1, 0.15) is 31.6 Å². The highest BCUT2D eigenvalue weighted by Crippen LogP contribution is 2.36. The van der Waals surface area contributed by atoms with Gasteiger partial charge in [0.1, 0.15) is 5.52 Å². The molecule has 4 heteroatoms. The average molecular weight is 203 g/mol. The summed E-state index contributed by atoms with van der Waals surface area (Å²) in [6, 6.07) is 1.82. The Balaban J connectivity index is 2.11. The molecule has 1 aliphatic rings. The highest BCUT2D eigenvalue weighted by Gasteiger charge is 2.36. The van der Waals surface area contributed by atoms with Crippen molar-refractivity contribution < 1.29 is 4.42 Å². The third-order valence-corrected chi connectivity index (χ3v) is 3.11. The molecule has 4 nitrogen and oxygen atoms in total. The van der Waals surface area contributed by atoms with Crippen molar-refractivity contribution in [3.05, 3.63) is 24.4 Å². The zero-order chi connectivity index (χ0) is 10.3. The molecule has 2 aromatic heterocycles. The molecule has 2 heterocycles. The second-order valence-electron chi connectivity index (χ2n) is 4.23. The minimum absolute atomic E-state index is 0.348. The van der Waals surface area contributed by atoms with Gasteiger partial charge in [-0.2, -0.15) is 0 Å². The molecule has 1 fully saturated rings. The van der Waals surface area contributed by atoms with E-state index in [0.29, 0.717) is 5.89 Å². The molecule has 15 heavy (non-hydrogen) atoms. The van der Waals surface area contributed by atoms with Crippen molar-refractivity contribution in [2.75, 3.05) is 0 Å². The summed E-state index contributed by atoms with van der Waals surface area (Å²) in [5, 5.41) is 0. The first-order valence-electron chi connectivity index (χ1n) is 5.28. The molecule has 0 aliphatic heterocycles. The molecule has 0 spiro atoms. The van der Waals surface area contributed by atoms with Crippen molar-refractivity contribution in [3.8, 4) is 0 Å². The predicted molar refractivity (Wildman–Crippen MR) is 56.1 cm³/mol. The lowest BCUT2D eigenvalue weighted by Crippen LogP contribution is -2.33. The summed E-state index contributed by atoms with van der Waals surface area (Å²) >= 11 is 0. The van der Waals surface area contributed by atoms with Crippen LogP contribution in [0.2, 0.25) is 0 Å². The van der Waals surface area contributed by atoms with Gasteiger partial charge in [0.15, 0.2) is 5.58 Å². The second-order valence-corrected chi connectivity index (χ2v) is 4.23. The number of fused-ring (bicyclic) bond motifs is 1. The summed E-state index contributed by atoms with van der Waals surface area (Å²) in [4.78, 5) is 8.42. The molecule has 1 saturated carbocycles. The molecule has 0 amide bonds. The van der Waals surface area contributed by atoms with Gasteiger partial charge < -0.3 is 10.2 Å². The zero-order valence-electron chi connectivity index (χ0n) is 8.44. The van der Waals surface area contributed by atoms with Crippen LogP contribution in [-0.4, -0.2) is 9.97 Å². The molecule has 78 valence electrons. The zero-order valence-corrected chi connectivity index (χ0v) is 8.44. The largest absolute Gasteiger partial charge is 0.439 e. The van der Waals surface area contributed by atoms with Crippen LogP contribution in [0, 0.1) is 0 Å². The standard InChI is InChI=1S/C11H13N3O/c12-11(4-1-2-5-11)10-14-8-7-13-6-3-9(8)15-10/h3,6-7H,1-2,4-5,12H2. The molecule has 2 aromatic rings. The highest BCUT2D eigenvalue weighted by molar-refractivity contribution is 5.70. The Bertz CT molecular complexity index is 452. The van der Waals surface area contributed by atoms with Gasteiger partial charge in [0.05, 0.1) is 11.7 Å². The van der Waals surface area contributed by atoms with Crippen molar-refractivity contribution in [1.29, 1.82) is 0 Å². The number of nitrogens with two attached hydrogens (primary N) is 1. The number of rotatable bonds is 1. The van der Waals surface area contributed by atoms with E-state index in [0.717, 1.165) is 36.8 Å². The first-order valence-corrected chi connectivity index (χ1v) is 5.28. The molecule has 1 aliphatic carbocycles. The summed E-state index contributed by atoms with van der Waals surface area (Å²) < 4.78 is 5.68. The topological polar surface area (TPSA) is 64.9 Å². The fourth-order valence-corrected chi connectivity index (χ4v) is 2.21. The number of oxazole rings is 1. The van der Waals surface area contributed by atoms with Crippen LogP contribution in [0.25, 0.3) is 11.1 Å². The lowest BCUT2D eigenvalue weighted by molar-refractivity contribution is 0.346. The van der Waals surface area contributed by atoms with Gasteiger partial charge in [0.25, 0.3) is 0 Å². The normalized spacial score (nSPS) is 19.8. The van der Waals surface area contributed by atoms with E-state index in [4.69, 9.17) is 10.2 Å². The third-order valence-electron chi connectivity index (χ3n) is 3.11. The molecule has 0 bridgehead atoms. The Hall–Kier alpha value is -1.42. The Morgan fingerprint density at radius 3 is 2.87 bits per heavy atom. The van der Waals surface area contributed by atoms with Crippen molar-refractivity contribution in [2.24, 2.45) is 5.73 Å². The third kappa shape index (κ3) is 1.33. The maximum absolute atomic E-state index is 6.27. The van der Waals surface area contributed by atoms with E-state index in [1.165, 1.54) is 0 Å². The minimum Gasteiger partial charge on any atom is -0.439 e. The van der Waals surface area contributed by atoms with Gasteiger partial charge in [-0.1, -0.05) is 12.8 Å². The van der Waals surface area contributed by atoms with E-state index < -0.39 is 0 Å². The summed E-state index contributed by atoms with van der Waals surface area (Å²) in [6.45, 7) is 0. The SMILES string of the molecule is NC1(c2nc3cnccc3o2)CCCC1. The van der Waals surface area contributed by atoms with E-state index in [2.05, 4.69) is 9.97 Å². The number of hydrogen-bond acceptors (Lipinski definition) is 4. The molecular formula is C11H13N3O. The van der Waals surface area contributed by atoms with Crippen LogP contribution in [-0.2, 0) is 5.54 Å². The van der Waals surface area contributed by atoms with Crippen molar-refractivity contribution in [1.82, 2.24) is 9.97 Å². The monoisotopic (exact) mass is 203 g/mol. The van der Waals surface area contributed by atoms with E-state index in [1.54, 1.807) is 12.4 Å². The van der Waals surface area contributed by atoms with Crippen LogP contribution in [0.3, 0.4) is 0 Å². The molecule has 0 atom stereocenters. The lowest BCUT2D eigenvalue weighted by Gasteiger charge is -2.18. The fourth-order valence-electron chi connectivity index (χ4n) is 2.21. The van der Waals surface area contributed by atoms with Gasteiger partial charge >= 0.3 is 0 Å². The molecule has 0 aromatic carbocycles. The van der Waals surface area contributed by atoms with E-state index in [-0.39, 0.29) is 5.54 Å². The van der Waals surface area contributed by atoms with Crippen molar-refractivity contribution in [2.45, 2.75) is 31.2 Å². The van der Waals surface area contributed by atoms with Gasteiger partial charge in [-0.25, -0.2) is 4.98 Å². The fraction of sp³-hybridized carbons (Fsp3) is 0.455. The van der Waals surface area contributed by atoms with Crippen LogP contribution in [0.15, 0.2) is 22.9 Å². The Kier molecular flexibility index (Phi) is 1.79. The quantitative estimate of drug-likeness (QED) is 0.769. The number of nitrogens with zero attached hydrogens (tertiary/aromatic N) is 2. The summed E-state index contributed by atoms with van der Waals surface area (Å²) in [5.74, 6) is 0.669. The van der Waals surface area contributed by atoms with Crippen LogP contribution in [0.5, 0.6) is 0 Å². The van der Waals surface area contributed by atoms with E-state index >= 15 is 0 Å². The van der Waals surface area contributed by atoms with Crippen LogP contribution >= 0.6 is 0 Å². The van der Waals surface area contributed by atoms with Gasteiger partial charge in [-0.3, -0.25) is 4.98 Å². The number of aromatic nitrogens is 2. The maximum atomic E-state index is 6.27. The van der Waals surface area contributed by atoms with Crippen molar-refractivity contribution in [3.63, 3.8) is 0 Å². The Morgan fingerprint density at radius 2 is 2.13 bits per heavy atom. The molecule has 0 radical (unpaired) electrons. The average Bonchev–Trinajstić information content (AvgIpc) is 2.84. The van der Waals surface area contributed by atoms with Gasteiger partial charge in [0, 0.05) is 12.3 Å². The first kappa shape index (κ1) is 8.85. The predicted octanol–water partition coefficient (Wildman–Crippen LogP) is 1.95. The molecule has 0 unspecified atom stereocenters. The van der Waals surface area contributed by atoms with Gasteiger partial charge in [0.2, 0.25) is 5.89 Å². The summed E-state index contributed by atoms with van der Waals surface area (Å²) in [7, 11) is 0. The Labute approximate surface area is 87.5 Å². The van der Waals surface area contributed by atoms with E-state index in [9.17, 15) is 0 Å². The smallest absolute Gasteiger partial charge is 0.215 e. The number of hydrogen-bond donors (Lipinski definition) is 1.